The van der Waals surface area contributed by atoms with Crippen LogP contribution in [-0.4, -0.2) is 12.1 Å². The highest BCUT2D eigenvalue weighted by Crippen LogP contribution is 2.27. The van der Waals surface area contributed by atoms with Crippen molar-refractivity contribution in [3.63, 3.8) is 0 Å². The van der Waals surface area contributed by atoms with Gasteiger partial charge in [-0.25, -0.2) is 4.98 Å². The lowest BCUT2D eigenvalue weighted by molar-refractivity contribution is 0.413. The third kappa shape index (κ3) is 4.29. The maximum Gasteiger partial charge on any atom is 0.119 e. The molecule has 1 aromatic carbocycles. The Labute approximate surface area is 131 Å². The third-order valence-electron chi connectivity index (χ3n) is 3.37. The van der Waals surface area contributed by atoms with Gasteiger partial charge in [-0.15, -0.1) is 11.3 Å². The van der Waals surface area contributed by atoms with E-state index in [-0.39, 0.29) is 11.5 Å². The van der Waals surface area contributed by atoms with Crippen molar-refractivity contribution in [2.75, 3.05) is 7.11 Å². The Morgan fingerprint density at radius 3 is 2.71 bits per heavy atom. The number of benzene rings is 1. The van der Waals surface area contributed by atoms with E-state index in [1.165, 1.54) is 15.4 Å². The SMILES string of the molecule is COc1cccc([C@@H](C)NCc2cnc(C(C)(C)C)s2)c1. The molecule has 2 rings (SSSR count). The summed E-state index contributed by atoms with van der Waals surface area (Å²) >= 11 is 1.79. The highest BCUT2D eigenvalue weighted by molar-refractivity contribution is 7.11. The Hall–Kier alpha value is -1.39. The van der Waals surface area contributed by atoms with Gasteiger partial charge in [0.1, 0.15) is 5.75 Å². The van der Waals surface area contributed by atoms with Crippen LogP contribution in [-0.2, 0) is 12.0 Å². The first-order valence-electron chi connectivity index (χ1n) is 7.22. The summed E-state index contributed by atoms with van der Waals surface area (Å²) in [6, 6.07) is 8.46. The molecular weight excluding hydrogens is 280 g/mol. The maximum atomic E-state index is 5.27. The number of rotatable bonds is 5. The number of thiazole rings is 1. The van der Waals surface area contributed by atoms with Gasteiger partial charge < -0.3 is 10.1 Å². The Balaban J connectivity index is 1.97. The summed E-state index contributed by atoms with van der Waals surface area (Å²) in [7, 11) is 1.70. The molecule has 0 saturated heterocycles. The molecule has 114 valence electrons. The second kappa shape index (κ2) is 6.58. The summed E-state index contributed by atoms with van der Waals surface area (Å²) in [5.41, 5.74) is 1.36. The smallest absolute Gasteiger partial charge is 0.119 e. The molecule has 0 aliphatic carbocycles. The standard InChI is InChI=1S/C17H24N2OS/c1-12(13-7-6-8-14(9-13)20-5)18-10-15-11-19-16(21-15)17(2,3)4/h6-9,11-12,18H,10H2,1-5H3/t12-/m1/s1. The van der Waals surface area contributed by atoms with Gasteiger partial charge in [-0.3, -0.25) is 0 Å². The van der Waals surface area contributed by atoms with E-state index in [2.05, 4.69) is 50.1 Å². The fraction of sp³-hybridized carbons (Fsp3) is 0.471. The van der Waals surface area contributed by atoms with Gasteiger partial charge in [0.05, 0.1) is 12.1 Å². The number of ether oxygens (including phenoxy) is 1. The van der Waals surface area contributed by atoms with Crippen LogP contribution in [0.1, 0.15) is 49.2 Å². The van der Waals surface area contributed by atoms with Crippen molar-refractivity contribution in [2.24, 2.45) is 0 Å². The summed E-state index contributed by atoms with van der Waals surface area (Å²) < 4.78 is 5.27. The second-order valence-corrected chi connectivity index (χ2v) is 7.38. The minimum absolute atomic E-state index is 0.126. The lowest BCUT2D eigenvalue weighted by Gasteiger charge is -2.15. The lowest BCUT2D eigenvalue weighted by Crippen LogP contribution is -2.17. The quantitative estimate of drug-likeness (QED) is 0.894. The first-order valence-corrected chi connectivity index (χ1v) is 8.04. The number of nitrogens with zero attached hydrogens (tertiary/aromatic N) is 1. The van der Waals surface area contributed by atoms with Gasteiger partial charge in [-0.2, -0.15) is 0 Å². The normalized spacial score (nSPS) is 13.2. The van der Waals surface area contributed by atoms with Gasteiger partial charge in [0.15, 0.2) is 0 Å². The van der Waals surface area contributed by atoms with Crippen molar-refractivity contribution in [1.82, 2.24) is 10.3 Å². The van der Waals surface area contributed by atoms with Gasteiger partial charge in [0.2, 0.25) is 0 Å². The predicted molar refractivity (Wildman–Crippen MR) is 89.1 cm³/mol. The van der Waals surface area contributed by atoms with Crippen LogP contribution in [0.25, 0.3) is 0 Å². The van der Waals surface area contributed by atoms with Gasteiger partial charge in [0, 0.05) is 29.1 Å². The number of hydrogen-bond acceptors (Lipinski definition) is 4. The first kappa shape index (κ1) is 16.0. The van der Waals surface area contributed by atoms with Crippen LogP contribution in [0.5, 0.6) is 5.75 Å². The fourth-order valence-electron chi connectivity index (χ4n) is 2.02. The molecule has 0 saturated carbocycles. The molecule has 0 aliphatic rings. The fourth-order valence-corrected chi connectivity index (χ4v) is 2.94. The average molecular weight is 304 g/mol. The molecule has 0 fully saturated rings. The molecule has 21 heavy (non-hydrogen) atoms. The largest absolute Gasteiger partial charge is 0.497 e. The van der Waals surface area contributed by atoms with Gasteiger partial charge in [-0.05, 0) is 24.6 Å². The monoisotopic (exact) mass is 304 g/mol. The molecule has 1 N–H and O–H groups in total. The van der Waals surface area contributed by atoms with Crippen LogP contribution in [0, 0.1) is 0 Å². The zero-order valence-corrected chi connectivity index (χ0v) is 14.3. The van der Waals surface area contributed by atoms with Crippen molar-refractivity contribution in [2.45, 2.75) is 45.7 Å². The topological polar surface area (TPSA) is 34.1 Å². The van der Waals surface area contributed by atoms with Gasteiger partial charge in [0.25, 0.3) is 0 Å². The minimum Gasteiger partial charge on any atom is -0.497 e. The van der Waals surface area contributed by atoms with Gasteiger partial charge in [-0.1, -0.05) is 32.9 Å². The zero-order valence-electron chi connectivity index (χ0n) is 13.4. The highest BCUT2D eigenvalue weighted by atomic mass is 32.1. The van der Waals surface area contributed by atoms with E-state index in [4.69, 9.17) is 4.74 Å². The molecule has 1 heterocycles. The van der Waals surface area contributed by atoms with E-state index in [0.717, 1.165) is 12.3 Å². The van der Waals surface area contributed by atoms with Crippen molar-refractivity contribution in [3.05, 3.63) is 45.9 Å². The number of methoxy groups -OCH3 is 1. The summed E-state index contributed by atoms with van der Waals surface area (Å²) in [5, 5.41) is 4.73. The lowest BCUT2D eigenvalue weighted by atomic mass is 9.98. The van der Waals surface area contributed by atoms with E-state index in [1.54, 1.807) is 18.4 Å². The molecule has 0 aliphatic heterocycles. The third-order valence-corrected chi connectivity index (χ3v) is 4.79. The van der Waals surface area contributed by atoms with E-state index in [9.17, 15) is 0 Å². The molecule has 0 radical (unpaired) electrons. The van der Waals surface area contributed by atoms with Crippen LogP contribution >= 0.6 is 11.3 Å². The minimum atomic E-state index is 0.126. The van der Waals surface area contributed by atoms with Crippen molar-refractivity contribution < 1.29 is 4.74 Å². The highest BCUT2D eigenvalue weighted by Gasteiger charge is 2.18. The predicted octanol–water partition coefficient (Wildman–Crippen LogP) is 4.30. The van der Waals surface area contributed by atoms with Crippen LogP contribution in [0.2, 0.25) is 0 Å². The summed E-state index contributed by atoms with van der Waals surface area (Å²) in [4.78, 5) is 5.80. The van der Waals surface area contributed by atoms with Crippen LogP contribution in [0.4, 0.5) is 0 Å². The molecule has 0 amide bonds. The summed E-state index contributed by atoms with van der Waals surface area (Å²) in [6.45, 7) is 9.60. The Morgan fingerprint density at radius 2 is 2.10 bits per heavy atom. The average Bonchev–Trinajstić information content (AvgIpc) is 2.94. The van der Waals surface area contributed by atoms with Crippen molar-refractivity contribution in [3.8, 4) is 5.75 Å². The van der Waals surface area contributed by atoms with Gasteiger partial charge >= 0.3 is 0 Å². The van der Waals surface area contributed by atoms with Crippen molar-refractivity contribution >= 4 is 11.3 Å². The van der Waals surface area contributed by atoms with E-state index < -0.39 is 0 Å². The second-order valence-electron chi connectivity index (χ2n) is 6.26. The molecule has 0 spiro atoms. The molecule has 4 heteroatoms. The summed E-state index contributed by atoms with van der Waals surface area (Å²) in [5.74, 6) is 0.897. The Bertz CT molecular complexity index is 586. The van der Waals surface area contributed by atoms with Crippen LogP contribution in [0.15, 0.2) is 30.5 Å². The maximum absolute atomic E-state index is 5.27. The first-order chi connectivity index (χ1) is 9.90. The van der Waals surface area contributed by atoms with E-state index in [1.807, 2.05) is 18.3 Å². The molecule has 1 atom stereocenters. The molecular formula is C17H24N2OS. The Kier molecular flexibility index (Phi) is 5.01. The van der Waals surface area contributed by atoms with Crippen molar-refractivity contribution in [1.29, 1.82) is 0 Å². The molecule has 1 aromatic heterocycles. The Morgan fingerprint density at radius 1 is 1.33 bits per heavy atom. The van der Waals surface area contributed by atoms with E-state index >= 15 is 0 Å². The van der Waals surface area contributed by atoms with E-state index in [0.29, 0.717) is 0 Å². The van der Waals surface area contributed by atoms with Crippen LogP contribution in [0.3, 0.4) is 0 Å². The van der Waals surface area contributed by atoms with Crippen LogP contribution < -0.4 is 10.1 Å². The summed E-state index contributed by atoms with van der Waals surface area (Å²) in [6.07, 6.45) is 1.98. The zero-order chi connectivity index (χ0) is 15.5. The molecule has 0 bridgehead atoms. The molecule has 3 nitrogen and oxygen atoms in total. The molecule has 2 aromatic rings. The molecule has 0 unspecified atom stereocenters. The number of hydrogen-bond donors (Lipinski definition) is 1. The number of nitrogens with one attached hydrogen (secondary N) is 1. The number of aromatic nitrogens is 1.